The molecule has 164 valence electrons. The van der Waals surface area contributed by atoms with Crippen LogP contribution < -0.4 is 10.1 Å². The number of rotatable bonds is 8. The highest BCUT2D eigenvalue weighted by molar-refractivity contribution is 6.24. The second kappa shape index (κ2) is 11.3. The van der Waals surface area contributed by atoms with Gasteiger partial charge in [-0.15, -0.1) is 0 Å². The maximum Gasteiger partial charge on any atom is 0.254 e. The van der Waals surface area contributed by atoms with Gasteiger partial charge in [-0.2, -0.15) is 0 Å². The SMILES string of the molecule is CCCNC(=O)CN1CCN(C(=O)/C(=C/c2ccccc2OC)c2ccccc2)CC1. The molecule has 1 aliphatic rings. The first-order valence-electron chi connectivity index (χ1n) is 10.8. The summed E-state index contributed by atoms with van der Waals surface area (Å²) in [6.45, 7) is 5.67. The zero-order chi connectivity index (χ0) is 22.1. The van der Waals surface area contributed by atoms with Gasteiger partial charge in [-0.25, -0.2) is 0 Å². The van der Waals surface area contributed by atoms with Crippen molar-refractivity contribution in [1.29, 1.82) is 0 Å². The molecule has 0 atom stereocenters. The Balaban J connectivity index is 1.75. The van der Waals surface area contributed by atoms with Crippen LogP contribution in [0.3, 0.4) is 0 Å². The van der Waals surface area contributed by atoms with Crippen LogP contribution in [-0.2, 0) is 9.59 Å². The van der Waals surface area contributed by atoms with E-state index in [0.717, 1.165) is 23.3 Å². The number of methoxy groups -OCH3 is 1. The van der Waals surface area contributed by atoms with Crippen LogP contribution in [0.15, 0.2) is 54.6 Å². The first-order chi connectivity index (χ1) is 15.1. The smallest absolute Gasteiger partial charge is 0.254 e. The van der Waals surface area contributed by atoms with Crippen molar-refractivity contribution in [3.8, 4) is 5.75 Å². The third-order valence-electron chi connectivity index (χ3n) is 5.35. The van der Waals surface area contributed by atoms with E-state index in [1.165, 1.54) is 0 Å². The van der Waals surface area contributed by atoms with Gasteiger partial charge in [0.25, 0.3) is 5.91 Å². The zero-order valence-electron chi connectivity index (χ0n) is 18.3. The number of hydrogen-bond donors (Lipinski definition) is 1. The molecule has 0 aromatic heterocycles. The third-order valence-corrected chi connectivity index (χ3v) is 5.35. The minimum absolute atomic E-state index is 0.00723. The van der Waals surface area contributed by atoms with Crippen molar-refractivity contribution in [2.24, 2.45) is 0 Å². The summed E-state index contributed by atoms with van der Waals surface area (Å²) in [7, 11) is 1.63. The maximum atomic E-state index is 13.5. The summed E-state index contributed by atoms with van der Waals surface area (Å²) in [5.74, 6) is 0.765. The summed E-state index contributed by atoms with van der Waals surface area (Å²) in [6, 6.07) is 17.4. The van der Waals surface area contributed by atoms with Crippen molar-refractivity contribution in [3.63, 3.8) is 0 Å². The molecule has 1 saturated heterocycles. The molecule has 0 aliphatic carbocycles. The van der Waals surface area contributed by atoms with Crippen LogP contribution in [0.25, 0.3) is 11.6 Å². The van der Waals surface area contributed by atoms with E-state index in [4.69, 9.17) is 4.74 Å². The summed E-state index contributed by atoms with van der Waals surface area (Å²) >= 11 is 0. The second-order valence-corrected chi connectivity index (χ2v) is 7.58. The van der Waals surface area contributed by atoms with E-state index in [-0.39, 0.29) is 11.8 Å². The molecular weight excluding hydrogens is 390 g/mol. The lowest BCUT2D eigenvalue weighted by molar-refractivity contribution is -0.127. The Kier molecular flexibility index (Phi) is 8.24. The Bertz CT molecular complexity index is 903. The minimum atomic E-state index is -0.00723. The quantitative estimate of drug-likeness (QED) is 0.526. The predicted molar refractivity (Wildman–Crippen MR) is 124 cm³/mol. The van der Waals surface area contributed by atoms with E-state index in [1.807, 2.05) is 72.5 Å². The van der Waals surface area contributed by atoms with Gasteiger partial charge in [0.1, 0.15) is 5.75 Å². The molecule has 1 aliphatic heterocycles. The summed E-state index contributed by atoms with van der Waals surface area (Å²) in [4.78, 5) is 29.4. The van der Waals surface area contributed by atoms with E-state index < -0.39 is 0 Å². The number of para-hydroxylation sites is 1. The fourth-order valence-electron chi connectivity index (χ4n) is 3.63. The molecule has 0 unspecified atom stereocenters. The lowest BCUT2D eigenvalue weighted by Gasteiger charge is -2.34. The van der Waals surface area contributed by atoms with Crippen LogP contribution in [0.2, 0.25) is 0 Å². The van der Waals surface area contributed by atoms with Gasteiger partial charge in [0.05, 0.1) is 13.7 Å². The Morgan fingerprint density at radius 2 is 1.68 bits per heavy atom. The van der Waals surface area contributed by atoms with Gasteiger partial charge in [-0.05, 0) is 24.1 Å². The molecule has 1 fully saturated rings. The maximum absolute atomic E-state index is 13.5. The van der Waals surface area contributed by atoms with Gasteiger partial charge in [0.15, 0.2) is 0 Å². The standard InChI is InChI=1S/C25H31N3O3/c1-3-13-26-24(29)19-27-14-16-28(17-15-27)25(30)22(20-9-5-4-6-10-20)18-21-11-7-8-12-23(21)31-2/h4-12,18H,3,13-17,19H2,1-2H3,(H,26,29)/b22-18+. The van der Waals surface area contributed by atoms with Crippen LogP contribution >= 0.6 is 0 Å². The summed E-state index contributed by atoms with van der Waals surface area (Å²) in [6.07, 6.45) is 2.83. The van der Waals surface area contributed by atoms with Gasteiger partial charge in [0, 0.05) is 43.9 Å². The summed E-state index contributed by atoms with van der Waals surface area (Å²) < 4.78 is 5.47. The molecule has 31 heavy (non-hydrogen) atoms. The number of carbonyl (C=O) groups excluding carboxylic acids is 2. The molecule has 2 aromatic rings. The number of benzene rings is 2. The number of piperazine rings is 1. The van der Waals surface area contributed by atoms with Crippen LogP contribution in [-0.4, -0.2) is 68.0 Å². The fourth-order valence-corrected chi connectivity index (χ4v) is 3.63. The number of hydrogen-bond acceptors (Lipinski definition) is 4. The molecule has 1 heterocycles. The molecule has 1 N–H and O–H groups in total. The van der Waals surface area contributed by atoms with Gasteiger partial charge in [-0.1, -0.05) is 55.5 Å². The average molecular weight is 422 g/mol. The number of carbonyl (C=O) groups is 2. The van der Waals surface area contributed by atoms with Gasteiger partial charge >= 0.3 is 0 Å². The molecule has 6 nitrogen and oxygen atoms in total. The van der Waals surface area contributed by atoms with Crippen LogP contribution in [0.1, 0.15) is 24.5 Å². The Morgan fingerprint density at radius 3 is 2.35 bits per heavy atom. The van der Waals surface area contributed by atoms with E-state index in [0.29, 0.717) is 44.8 Å². The highest BCUT2D eigenvalue weighted by Crippen LogP contribution is 2.26. The van der Waals surface area contributed by atoms with Crippen molar-refractivity contribution in [2.45, 2.75) is 13.3 Å². The van der Waals surface area contributed by atoms with E-state index in [9.17, 15) is 9.59 Å². The molecule has 0 bridgehead atoms. The molecule has 0 spiro atoms. The zero-order valence-corrected chi connectivity index (χ0v) is 18.3. The molecule has 3 rings (SSSR count). The van der Waals surface area contributed by atoms with Crippen molar-refractivity contribution in [2.75, 3.05) is 46.4 Å². The number of ether oxygens (including phenoxy) is 1. The molecule has 6 heteroatoms. The Morgan fingerprint density at radius 1 is 1.00 bits per heavy atom. The van der Waals surface area contributed by atoms with E-state index >= 15 is 0 Å². The third kappa shape index (κ3) is 6.18. The average Bonchev–Trinajstić information content (AvgIpc) is 2.82. The first kappa shape index (κ1) is 22.6. The molecule has 0 radical (unpaired) electrons. The highest BCUT2D eigenvalue weighted by Gasteiger charge is 2.25. The second-order valence-electron chi connectivity index (χ2n) is 7.58. The van der Waals surface area contributed by atoms with E-state index in [2.05, 4.69) is 10.2 Å². The lowest BCUT2D eigenvalue weighted by Crippen LogP contribution is -2.51. The van der Waals surface area contributed by atoms with Crippen LogP contribution in [0.5, 0.6) is 5.75 Å². The molecule has 2 amide bonds. The van der Waals surface area contributed by atoms with Gasteiger partial charge in [0.2, 0.25) is 5.91 Å². The van der Waals surface area contributed by atoms with E-state index in [1.54, 1.807) is 7.11 Å². The van der Waals surface area contributed by atoms with Crippen LogP contribution in [0, 0.1) is 0 Å². The Labute approximate surface area is 184 Å². The van der Waals surface area contributed by atoms with Gasteiger partial charge in [-0.3, -0.25) is 14.5 Å². The van der Waals surface area contributed by atoms with Gasteiger partial charge < -0.3 is 15.0 Å². The van der Waals surface area contributed by atoms with Crippen molar-refractivity contribution in [3.05, 3.63) is 65.7 Å². The van der Waals surface area contributed by atoms with Crippen molar-refractivity contribution >= 4 is 23.5 Å². The van der Waals surface area contributed by atoms with Crippen molar-refractivity contribution < 1.29 is 14.3 Å². The van der Waals surface area contributed by atoms with Crippen molar-refractivity contribution in [1.82, 2.24) is 15.1 Å². The Hall–Kier alpha value is -3.12. The monoisotopic (exact) mass is 421 g/mol. The first-order valence-corrected chi connectivity index (χ1v) is 10.8. The fraction of sp³-hybridized carbons (Fsp3) is 0.360. The topological polar surface area (TPSA) is 61.9 Å². The number of nitrogens with zero attached hydrogens (tertiary/aromatic N) is 2. The van der Waals surface area contributed by atoms with Crippen LogP contribution in [0.4, 0.5) is 0 Å². The molecular formula is C25H31N3O3. The number of amides is 2. The largest absolute Gasteiger partial charge is 0.496 e. The summed E-state index contributed by atoms with van der Waals surface area (Å²) in [5, 5.41) is 2.91. The minimum Gasteiger partial charge on any atom is -0.496 e. The normalized spacial score (nSPS) is 14.9. The predicted octanol–water partition coefficient (Wildman–Crippen LogP) is 2.91. The molecule has 2 aromatic carbocycles. The molecule has 0 saturated carbocycles. The number of nitrogens with one attached hydrogen (secondary N) is 1. The lowest BCUT2D eigenvalue weighted by atomic mass is 10.0. The summed E-state index contributed by atoms with van der Waals surface area (Å²) in [5.41, 5.74) is 2.38. The highest BCUT2D eigenvalue weighted by atomic mass is 16.5.